The molecule has 5 heteroatoms. The first-order valence-corrected chi connectivity index (χ1v) is 8.12. The third-order valence-corrected chi connectivity index (χ3v) is 4.63. The summed E-state index contributed by atoms with van der Waals surface area (Å²) in [4.78, 5) is 0. The molecule has 1 aliphatic rings. The van der Waals surface area contributed by atoms with Crippen LogP contribution in [0.3, 0.4) is 0 Å². The van der Waals surface area contributed by atoms with E-state index in [0.29, 0.717) is 17.0 Å². The minimum absolute atomic E-state index is 0.0625. The normalized spacial score (nSPS) is 23.2. The van der Waals surface area contributed by atoms with Crippen molar-refractivity contribution in [3.63, 3.8) is 0 Å². The molecular weight excluding hydrogens is 342 g/mol. The number of nitrogens with two attached hydrogens (primary N) is 1. The Bertz CT molecular complexity index is 463. The van der Waals surface area contributed by atoms with Crippen LogP contribution in [0.25, 0.3) is 0 Å². The molecule has 2 rings (SSSR count). The number of benzene rings is 1. The lowest BCUT2D eigenvalue weighted by Gasteiger charge is -2.36. The first-order chi connectivity index (χ1) is 9.55. The van der Waals surface area contributed by atoms with E-state index in [9.17, 15) is 0 Å². The number of hydrogen-bond donors (Lipinski definition) is 1. The van der Waals surface area contributed by atoms with Gasteiger partial charge in [-0.3, -0.25) is 0 Å². The Kier molecular flexibility index (Phi) is 5.73. The van der Waals surface area contributed by atoms with Gasteiger partial charge >= 0.3 is 0 Å². The quantitative estimate of drug-likeness (QED) is 0.820. The van der Waals surface area contributed by atoms with E-state index in [4.69, 9.17) is 26.8 Å². The van der Waals surface area contributed by atoms with E-state index < -0.39 is 0 Å². The molecule has 0 radical (unpaired) electrons. The molecule has 0 spiro atoms. The summed E-state index contributed by atoms with van der Waals surface area (Å²) >= 11 is 9.58. The lowest BCUT2D eigenvalue weighted by Crippen LogP contribution is -2.33. The van der Waals surface area contributed by atoms with Gasteiger partial charge in [0.05, 0.1) is 17.7 Å². The Morgan fingerprint density at radius 2 is 2.15 bits per heavy atom. The zero-order chi connectivity index (χ0) is 14.7. The molecule has 0 aromatic heterocycles. The van der Waals surface area contributed by atoms with Crippen molar-refractivity contribution in [1.82, 2.24) is 0 Å². The van der Waals surface area contributed by atoms with E-state index >= 15 is 0 Å². The van der Waals surface area contributed by atoms with Gasteiger partial charge < -0.3 is 15.2 Å². The van der Waals surface area contributed by atoms with Crippen molar-refractivity contribution in [2.24, 2.45) is 11.7 Å². The van der Waals surface area contributed by atoms with Crippen LogP contribution in [-0.4, -0.2) is 19.8 Å². The average molecular weight is 363 g/mol. The molecule has 1 aromatic carbocycles. The van der Waals surface area contributed by atoms with Crippen LogP contribution in [0.4, 0.5) is 0 Å². The van der Waals surface area contributed by atoms with Crippen LogP contribution in [0.2, 0.25) is 5.02 Å². The zero-order valence-corrected chi connectivity index (χ0v) is 14.2. The smallest absolute Gasteiger partial charge is 0.137 e. The van der Waals surface area contributed by atoms with E-state index in [-0.39, 0.29) is 6.04 Å². The van der Waals surface area contributed by atoms with Crippen LogP contribution < -0.4 is 10.5 Å². The van der Waals surface area contributed by atoms with Gasteiger partial charge in [0.1, 0.15) is 5.75 Å². The largest absolute Gasteiger partial charge is 0.495 e. The Balaban J connectivity index is 2.01. The summed E-state index contributed by atoms with van der Waals surface area (Å²) in [5.74, 6) is 1.41. The molecule has 112 valence electrons. The van der Waals surface area contributed by atoms with Crippen molar-refractivity contribution in [2.45, 2.75) is 38.3 Å². The topological polar surface area (TPSA) is 44.5 Å². The van der Waals surface area contributed by atoms with Gasteiger partial charge in [0.25, 0.3) is 0 Å². The maximum Gasteiger partial charge on any atom is 0.137 e. The summed E-state index contributed by atoms with van der Waals surface area (Å²) < 4.78 is 11.9. The van der Waals surface area contributed by atoms with Crippen molar-refractivity contribution in [3.8, 4) is 5.75 Å². The number of halogens is 2. The molecule has 0 saturated heterocycles. The van der Waals surface area contributed by atoms with Crippen molar-refractivity contribution in [3.05, 3.63) is 27.2 Å². The van der Waals surface area contributed by atoms with Crippen molar-refractivity contribution < 1.29 is 9.47 Å². The minimum atomic E-state index is -0.0625. The third kappa shape index (κ3) is 3.67. The second kappa shape index (κ2) is 7.12. The van der Waals surface area contributed by atoms with Crippen LogP contribution in [-0.2, 0) is 4.74 Å². The molecule has 0 amide bonds. The maximum absolute atomic E-state index is 6.34. The van der Waals surface area contributed by atoms with Crippen LogP contribution in [0, 0.1) is 5.92 Å². The molecule has 20 heavy (non-hydrogen) atoms. The summed E-state index contributed by atoms with van der Waals surface area (Å²) in [6, 6.07) is 3.66. The lowest BCUT2D eigenvalue weighted by molar-refractivity contribution is -0.0282. The predicted molar refractivity (Wildman–Crippen MR) is 85.4 cm³/mol. The van der Waals surface area contributed by atoms with Gasteiger partial charge in [-0.15, -0.1) is 0 Å². The van der Waals surface area contributed by atoms with E-state index in [0.717, 1.165) is 41.7 Å². The zero-order valence-electron chi connectivity index (χ0n) is 11.9. The third-order valence-electron chi connectivity index (χ3n) is 3.82. The molecule has 1 aliphatic carbocycles. The van der Waals surface area contributed by atoms with Gasteiger partial charge in [0, 0.05) is 23.2 Å². The number of rotatable bonds is 6. The Labute approximate surface area is 133 Å². The molecule has 0 aliphatic heterocycles. The van der Waals surface area contributed by atoms with Crippen LogP contribution in [0.15, 0.2) is 16.6 Å². The van der Waals surface area contributed by atoms with Crippen LogP contribution in [0.5, 0.6) is 5.75 Å². The molecule has 0 bridgehead atoms. The summed E-state index contributed by atoms with van der Waals surface area (Å²) in [6.07, 6.45) is 3.56. The summed E-state index contributed by atoms with van der Waals surface area (Å²) in [6.45, 7) is 2.83. The van der Waals surface area contributed by atoms with E-state index in [1.54, 1.807) is 7.11 Å². The minimum Gasteiger partial charge on any atom is -0.495 e. The van der Waals surface area contributed by atoms with Crippen molar-refractivity contribution in [2.75, 3.05) is 13.7 Å². The van der Waals surface area contributed by atoms with Gasteiger partial charge in [-0.1, -0.05) is 11.6 Å². The maximum atomic E-state index is 6.34. The van der Waals surface area contributed by atoms with E-state index in [2.05, 4.69) is 15.9 Å². The molecule has 2 N–H and O–H groups in total. The molecule has 1 unspecified atom stereocenters. The molecule has 3 nitrogen and oxygen atoms in total. The highest BCUT2D eigenvalue weighted by Crippen LogP contribution is 2.41. The molecule has 1 atom stereocenters. The highest BCUT2D eigenvalue weighted by molar-refractivity contribution is 9.10. The Morgan fingerprint density at radius 3 is 2.75 bits per heavy atom. The Morgan fingerprint density at radius 1 is 1.45 bits per heavy atom. The molecule has 1 fully saturated rings. The average Bonchev–Trinajstić information content (AvgIpc) is 2.35. The number of hydrogen-bond acceptors (Lipinski definition) is 3. The molecule has 1 aromatic rings. The second-order valence-corrected chi connectivity index (χ2v) is 6.56. The molecular formula is C15H21BrClNO2. The first-order valence-electron chi connectivity index (χ1n) is 6.95. The second-order valence-electron chi connectivity index (χ2n) is 5.27. The Hall–Kier alpha value is -0.290. The number of ether oxygens (including phenoxy) is 2. The highest BCUT2D eigenvalue weighted by Gasteiger charge is 2.31. The predicted octanol–water partition coefficient (Wildman–Crippen LogP) is 4.32. The molecule has 0 heterocycles. The van der Waals surface area contributed by atoms with Gasteiger partial charge in [0.15, 0.2) is 0 Å². The highest BCUT2D eigenvalue weighted by atomic mass is 79.9. The van der Waals surface area contributed by atoms with Gasteiger partial charge in [0.2, 0.25) is 0 Å². The van der Waals surface area contributed by atoms with Gasteiger partial charge in [-0.2, -0.15) is 0 Å². The van der Waals surface area contributed by atoms with E-state index in [1.165, 1.54) is 0 Å². The fourth-order valence-corrected chi connectivity index (χ4v) is 3.79. The summed E-state index contributed by atoms with van der Waals surface area (Å²) in [7, 11) is 1.65. The van der Waals surface area contributed by atoms with Crippen molar-refractivity contribution >= 4 is 27.5 Å². The van der Waals surface area contributed by atoms with Gasteiger partial charge in [-0.05, 0) is 60.2 Å². The fraction of sp³-hybridized carbons (Fsp3) is 0.600. The van der Waals surface area contributed by atoms with Gasteiger partial charge in [-0.25, -0.2) is 0 Å². The van der Waals surface area contributed by atoms with Crippen LogP contribution >= 0.6 is 27.5 Å². The number of methoxy groups -OCH3 is 1. The van der Waals surface area contributed by atoms with Crippen LogP contribution in [0.1, 0.15) is 37.8 Å². The first kappa shape index (κ1) is 16.1. The summed E-state index contributed by atoms with van der Waals surface area (Å²) in [5, 5.41) is 0.670. The van der Waals surface area contributed by atoms with Crippen molar-refractivity contribution in [1.29, 1.82) is 0 Å². The standard InChI is InChI=1S/C15H21BrClNO2/c1-3-20-11-4-9(5-11)6-14(18)12-7-10(17)8-13(16)15(12)19-2/h7-9,11,14H,3-6,18H2,1-2H3. The lowest BCUT2D eigenvalue weighted by atomic mass is 9.77. The SMILES string of the molecule is CCOC1CC(CC(N)c2cc(Cl)cc(Br)c2OC)C1. The monoisotopic (exact) mass is 361 g/mol. The fourth-order valence-electron chi connectivity index (χ4n) is 2.80. The molecule has 1 saturated carbocycles. The summed E-state index contributed by atoms with van der Waals surface area (Å²) in [5.41, 5.74) is 7.30. The van der Waals surface area contributed by atoms with E-state index in [1.807, 2.05) is 19.1 Å².